The number of hydrogen-bond acceptors (Lipinski definition) is 6. The molecule has 30 heavy (non-hydrogen) atoms. The van der Waals surface area contributed by atoms with Gasteiger partial charge >= 0.3 is 11.9 Å². The van der Waals surface area contributed by atoms with Crippen LogP contribution in [-0.4, -0.2) is 51.3 Å². The van der Waals surface area contributed by atoms with E-state index in [9.17, 15) is 14.7 Å². The van der Waals surface area contributed by atoms with Gasteiger partial charge in [0, 0.05) is 12.6 Å². The van der Waals surface area contributed by atoms with E-state index < -0.39 is 29.1 Å². The molecule has 1 aromatic carbocycles. The van der Waals surface area contributed by atoms with Crippen LogP contribution >= 0.6 is 0 Å². The lowest BCUT2D eigenvalue weighted by Crippen LogP contribution is -2.53. The zero-order chi connectivity index (χ0) is 22.7. The van der Waals surface area contributed by atoms with Crippen molar-refractivity contribution >= 4 is 11.9 Å². The van der Waals surface area contributed by atoms with Gasteiger partial charge < -0.3 is 14.6 Å². The maximum atomic E-state index is 13.1. The Bertz CT molecular complexity index is 717. The van der Waals surface area contributed by atoms with Crippen molar-refractivity contribution in [2.45, 2.75) is 97.2 Å². The lowest BCUT2D eigenvalue weighted by atomic mass is 9.83. The van der Waals surface area contributed by atoms with Crippen molar-refractivity contribution in [1.82, 2.24) is 4.90 Å². The van der Waals surface area contributed by atoms with E-state index in [0.29, 0.717) is 19.4 Å². The first kappa shape index (κ1) is 24.4. The number of benzene rings is 1. The zero-order valence-corrected chi connectivity index (χ0v) is 19.3. The minimum Gasteiger partial charge on any atom is -0.462 e. The number of carbonyl (C=O) groups excluding carboxylic acids is 2. The molecule has 0 saturated carbocycles. The third-order valence-corrected chi connectivity index (χ3v) is 5.20. The number of rotatable bonds is 7. The predicted octanol–water partition coefficient (Wildman–Crippen LogP) is 3.70. The maximum absolute atomic E-state index is 13.1. The molecule has 0 amide bonds. The minimum absolute atomic E-state index is 0.217. The first-order valence-electron chi connectivity index (χ1n) is 10.7. The Morgan fingerprint density at radius 2 is 1.70 bits per heavy atom. The smallest absolute Gasteiger partial charge is 0.323 e. The van der Waals surface area contributed by atoms with Gasteiger partial charge in [0.2, 0.25) is 0 Å². The van der Waals surface area contributed by atoms with Gasteiger partial charge in [-0.3, -0.25) is 14.5 Å². The summed E-state index contributed by atoms with van der Waals surface area (Å²) in [6, 6.07) is 9.01. The first-order chi connectivity index (χ1) is 13.8. The van der Waals surface area contributed by atoms with Crippen molar-refractivity contribution in [3.8, 4) is 0 Å². The van der Waals surface area contributed by atoms with E-state index in [4.69, 9.17) is 9.47 Å². The largest absolute Gasteiger partial charge is 0.462 e. The Labute approximate surface area is 180 Å². The summed E-state index contributed by atoms with van der Waals surface area (Å²) in [4.78, 5) is 28.0. The topological polar surface area (TPSA) is 76.1 Å². The van der Waals surface area contributed by atoms with Crippen molar-refractivity contribution in [2.75, 3.05) is 0 Å². The van der Waals surface area contributed by atoms with Gasteiger partial charge in [-0.05, 0) is 66.9 Å². The number of aliphatic hydroxyl groups is 1. The highest BCUT2D eigenvalue weighted by Gasteiger charge is 2.50. The summed E-state index contributed by atoms with van der Waals surface area (Å²) in [5, 5.41) is 10.9. The Hall–Kier alpha value is -1.92. The fourth-order valence-electron chi connectivity index (χ4n) is 4.12. The van der Waals surface area contributed by atoms with Crippen LogP contribution in [0.25, 0.3) is 0 Å². The summed E-state index contributed by atoms with van der Waals surface area (Å²) in [5.74, 6) is -1.53. The minimum atomic E-state index is -1.31. The number of nitrogens with zero attached hydrogens (tertiary/aromatic N) is 1. The van der Waals surface area contributed by atoms with Crippen molar-refractivity contribution in [3.63, 3.8) is 0 Å². The van der Waals surface area contributed by atoms with Gasteiger partial charge in [0.15, 0.2) is 0 Å². The molecule has 0 aliphatic carbocycles. The summed E-state index contributed by atoms with van der Waals surface area (Å²) >= 11 is 0. The van der Waals surface area contributed by atoms with E-state index in [1.54, 1.807) is 13.8 Å². The highest BCUT2D eigenvalue weighted by molar-refractivity contribution is 5.78. The lowest BCUT2D eigenvalue weighted by Gasteiger charge is -2.39. The molecule has 0 spiro atoms. The van der Waals surface area contributed by atoms with Crippen molar-refractivity contribution in [3.05, 3.63) is 35.9 Å². The van der Waals surface area contributed by atoms with E-state index in [1.807, 2.05) is 69.9 Å². The third kappa shape index (κ3) is 6.54. The van der Waals surface area contributed by atoms with E-state index in [2.05, 4.69) is 0 Å². The van der Waals surface area contributed by atoms with Crippen molar-refractivity contribution < 1.29 is 24.2 Å². The Balaban J connectivity index is 2.39. The monoisotopic (exact) mass is 419 g/mol. The Morgan fingerprint density at radius 3 is 2.20 bits per heavy atom. The summed E-state index contributed by atoms with van der Waals surface area (Å²) in [6.45, 7) is 12.8. The summed E-state index contributed by atoms with van der Waals surface area (Å²) in [6.07, 6.45) is 0.947. The molecular weight excluding hydrogens is 382 g/mol. The molecular formula is C24H37NO5. The van der Waals surface area contributed by atoms with Crippen LogP contribution in [0.4, 0.5) is 0 Å². The van der Waals surface area contributed by atoms with E-state index in [0.717, 1.165) is 5.56 Å². The van der Waals surface area contributed by atoms with E-state index in [-0.39, 0.29) is 18.1 Å². The number of ether oxygens (including phenoxy) is 2. The lowest BCUT2D eigenvalue weighted by molar-refractivity contribution is -0.174. The second kappa shape index (κ2) is 9.48. The van der Waals surface area contributed by atoms with Crippen LogP contribution in [0.5, 0.6) is 0 Å². The van der Waals surface area contributed by atoms with Gasteiger partial charge in [-0.25, -0.2) is 0 Å². The van der Waals surface area contributed by atoms with Crippen LogP contribution in [0.15, 0.2) is 30.3 Å². The molecule has 0 unspecified atom stereocenters. The summed E-state index contributed by atoms with van der Waals surface area (Å²) < 4.78 is 11.2. The Kier molecular flexibility index (Phi) is 7.69. The molecule has 0 radical (unpaired) electrons. The van der Waals surface area contributed by atoms with Crippen LogP contribution in [0, 0.1) is 5.92 Å². The van der Waals surface area contributed by atoms with E-state index >= 15 is 0 Å². The molecule has 0 bridgehead atoms. The molecule has 1 aromatic rings. The van der Waals surface area contributed by atoms with Gasteiger partial charge in [0.1, 0.15) is 17.6 Å². The second-order valence-corrected chi connectivity index (χ2v) is 9.97. The highest BCUT2D eigenvalue weighted by atomic mass is 16.6. The third-order valence-electron chi connectivity index (χ3n) is 5.20. The fourth-order valence-corrected chi connectivity index (χ4v) is 4.12. The van der Waals surface area contributed by atoms with Crippen LogP contribution in [-0.2, 0) is 25.6 Å². The molecule has 3 atom stereocenters. The first-order valence-corrected chi connectivity index (χ1v) is 10.7. The average molecular weight is 420 g/mol. The average Bonchev–Trinajstić information content (AvgIpc) is 2.95. The Morgan fingerprint density at radius 1 is 1.10 bits per heavy atom. The van der Waals surface area contributed by atoms with E-state index in [1.165, 1.54) is 0 Å². The maximum Gasteiger partial charge on any atom is 0.323 e. The summed E-state index contributed by atoms with van der Waals surface area (Å²) in [5.41, 5.74) is -0.941. The molecule has 1 aliphatic heterocycles. The van der Waals surface area contributed by atoms with Gasteiger partial charge in [-0.15, -0.1) is 0 Å². The van der Waals surface area contributed by atoms with Crippen LogP contribution < -0.4 is 0 Å². The number of esters is 2. The zero-order valence-electron chi connectivity index (χ0n) is 19.3. The number of likely N-dealkylation sites (tertiary alicyclic amines) is 1. The molecule has 6 nitrogen and oxygen atoms in total. The van der Waals surface area contributed by atoms with Crippen molar-refractivity contribution in [1.29, 1.82) is 0 Å². The second-order valence-electron chi connectivity index (χ2n) is 9.97. The fraction of sp³-hybridized carbons (Fsp3) is 0.667. The number of hydrogen-bond donors (Lipinski definition) is 1. The van der Waals surface area contributed by atoms with Crippen LogP contribution in [0.3, 0.4) is 0 Å². The van der Waals surface area contributed by atoms with Gasteiger partial charge in [0.25, 0.3) is 0 Å². The van der Waals surface area contributed by atoms with Crippen molar-refractivity contribution in [2.24, 2.45) is 5.92 Å². The van der Waals surface area contributed by atoms with Gasteiger partial charge in [0.05, 0.1) is 11.7 Å². The molecule has 6 heteroatoms. The molecule has 1 saturated heterocycles. The molecule has 1 N–H and O–H groups in total. The quantitative estimate of drug-likeness (QED) is 0.679. The molecule has 1 heterocycles. The van der Waals surface area contributed by atoms with Gasteiger partial charge in [-0.1, -0.05) is 30.3 Å². The molecule has 168 valence electrons. The molecule has 2 rings (SSSR count). The van der Waals surface area contributed by atoms with Crippen LogP contribution in [0.2, 0.25) is 0 Å². The highest BCUT2D eigenvalue weighted by Crippen LogP contribution is 2.37. The van der Waals surface area contributed by atoms with Crippen LogP contribution in [0.1, 0.15) is 66.9 Å². The SMILES string of the molecule is CC(C)OC(=O)[C@@H]1CC[C@H]([C@@H](C(=O)OC(C)(C)C)C(C)(C)O)N1Cc1ccccc1. The normalized spacial score (nSPS) is 21.5. The molecule has 1 fully saturated rings. The standard InChI is InChI=1S/C24H37NO5/c1-16(2)29-21(26)19-14-13-18(25(19)15-17-11-9-8-10-12-17)20(24(6,7)28)22(27)30-23(3,4)5/h8-12,16,18-20,28H,13-15H2,1-7H3/t18-,19+,20+/m1/s1. The molecule has 0 aromatic heterocycles. The van der Waals surface area contributed by atoms with Gasteiger partial charge in [-0.2, -0.15) is 0 Å². The number of carbonyl (C=O) groups is 2. The summed E-state index contributed by atoms with van der Waals surface area (Å²) in [7, 11) is 0. The predicted molar refractivity (Wildman–Crippen MR) is 116 cm³/mol. The molecule has 1 aliphatic rings.